The molecule has 4 rings (SSSR count). The number of hydrazine groups is 2. The lowest BCUT2D eigenvalue weighted by Gasteiger charge is -2.29. The molecule has 0 bridgehead atoms. The molecule has 0 aliphatic carbocycles. The van der Waals surface area contributed by atoms with Crippen LogP contribution >= 0.6 is 0 Å². The van der Waals surface area contributed by atoms with Crippen molar-refractivity contribution in [2.45, 2.75) is 9.79 Å². The first kappa shape index (κ1) is 33.6. The number of anilines is 2. The molecule has 0 spiro atoms. The third-order valence-electron chi connectivity index (χ3n) is 6.94. The summed E-state index contributed by atoms with van der Waals surface area (Å²) in [5, 5.41) is 7.89. The van der Waals surface area contributed by atoms with Crippen molar-refractivity contribution in [3.63, 3.8) is 0 Å². The Labute approximate surface area is 269 Å². The highest BCUT2D eigenvalue weighted by atomic mass is 32.2. The lowest BCUT2D eigenvalue weighted by Crippen LogP contribution is -2.44. The van der Waals surface area contributed by atoms with Crippen LogP contribution in [0.25, 0.3) is 10.8 Å². The first-order chi connectivity index (χ1) is 22.0. The Hall–Kier alpha value is -5.30. The van der Waals surface area contributed by atoms with E-state index in [-0.39, 0.29) is 48.8 Å². The van der Waals surface area contributed by atoms with Gasteiger partial charge in [0.2, 0.25) is 0 Å². The number of methoxy groups -OCH3 is 2. The van der Waals surface area contributed by atoms with E-state index >= 15 is 0 Å². The van der Waals surface area contributed by atoms with Crippen molar-refractivity contribution in [2.24, 2.45) is 33.6 Å². The molecule has 4 aromatic carbocycles. The van der Waals surface area contributed by atoms with Crippen molar-refractivity contribution in [1.82, 2.24) is 10.9 Å². The van der Waals surface area contributed by atoms with Crippen molar-refractivity contribution in [3.8, 4) is 11.5 Å². The first-order valence-electron chi connectivity index (χ1n) is 13.4. The van der Waals surface area contributed by atoms with Crippen LogP contribution in [-0.4, -0.2) is 55.8 Å². The molecule has 10 N–H and O–H groups in total. The van der Waals surface area contributed by atoms with Crippen LogP contribution in [0, 0.1) is 0 Å². The van der Waals surface area contributed by atoms with E-state index in [0.29, 0.717) is 22.3 Å². The molecule has 0 atom stereocenters. The topological polar surface area (TPSA) is 246 Å². The quantitative estimate of drug-likeness (QED) is 0.0537. The molecule has 18 heteroatoms. The molecule has 0 aliphatic rings. The van der Waals surface area contributed by atoms with Crippen LogP contribution in [0.1, 0.15) is 2.85 Å². The third kappa shape index (κ3) is 6.69. The fourth-order valence-electron chi connectivity index (χ4n) is 4.57. The molecular weight excluding hydrogens is 637 g/mol. The zero-order valence-electron chi connectivity index (χ0n) is 24.9. The van der Waals surface area contributed by atoms with Crippen molar-refractivity contribution in [3.05, 3.63) is 84.9 Å². The van der Waals surface area contributed by atoms with Crippen molar-refractivity contribution in [1.29, 1.82) is 0 Å². The number of nitrogens with two attached hydrogens (primary N) is 4. The molecule has 0 fully saturated rings. The van der Waals surface area contributed by atoms with Gasteiger partial charge in [0.15, 0.2) is 11.7 Å². The number of hydrogen-bond acceptors (Lipinski definition) is 12. The molecule has 0 aromatic heterocycles. The van der Waals surface area contributed by atoms with Crippen LogP contribution in [0.4, 0.5) is 11.4 Å². The Kier molecular flexibility index (Phi) is 10.4. The Bertz CT molecular complexity index is 1820. The van der Waals surface area contributed by atoms with Gasteiger partial charge in [0, 0.05) is 13.6 Å². The van der Waals surface area contributed by atoms with E-state index in [2.05, 4.69) is 21.1 Å². The summed E-state index contributed by atoms with van der Waals surface area (Å²) in [5.41, 5.74) is 4.98. The van der Waals surface area contributed by atoms with E-state index < -0.39 is 20.0 Å². The number of amidine groups is 2. The molecule has 0 amide bonds. The molecule has 248 valence electrons. The molecule has 0 radical (unpaired) electrons. The number of nitrogens with zero attached hydrogens (tertiary/aromatic N) is 4. The van der Waals surface area contributed by atoms with Gasteiger partial charge in [0.25, 0.3) is 20.0 Å². The third-order valence-corrected chi connectivity index (χ3v) is 10.5. The van der Waals surface area contributed by atoms with Gasteiger partial charge in [-0.3, -0.25) is 8.61 Å². The predicted molar refractivity (Wildman–Crippen MR) is 181 cm³/mol. The van der Waals surface area contributed by atoms with Crippen LogP contribution in [0.3, 0.4) is 0 Å². The smallest absolute Gasteiger partial charge is 0.264 e. The van der Waals surface area contributed by atoms with E-state index in [0.717, 1.165) is 8.61 Å². The van der Waals surface area contributed by atoms with Crippen molar-refractivity contribution < 1.29 is 29.2 Å². The molecule has 0 heterocycles. The summed E-state index contributed by atoms with van der Waals surface area (Å²) < 4.78 is 69.0. The van der Waals surface area contributed by atoms with Gasteiger partial charge < -0.3 is 32.0 Å². The van der Waals surface area contributed by atoms with Crippen molar-refractivity contribution in [2.75, 3.05) is 35.9 Å². The van der Waals surface area contributed by atoms with Crippen LogP contribution in [-0.2, 0) is 20.0 Å². The lowest BCUT2D eigenvalue weighted by molar-refractivity contribution is 0.414. The zero-order chi connectivity index (χ0) is 33.5. The SMILES string of the molecule is COc1ccc(S(=O)(=O)N(C/C(=N/N)NN)c2ccc(N(C/C(=N/N)NN)S(=O)(=O)c3ccc(OC)cc3)c3ccccc23)cc1.[HH].[HH]. The van der Waals surface area contributed by atoms with E-state index in [9.17, 15) is 16.8 Å². The van der Waals surface area contributed by atoms with Gasteiger partial charge in [-0.1, -0.05) is 24.3 Å². The lowest BCUT2D eigenvalue weighted by atomic mass is 10.1. The Morgan fingerprint density at radius 2 is 1.00 bits per heavy atom. The standard InChI is InChI=1S/C28H34N10O6S2.2H2/c1-43-19-7-11-21(12-8-19)45(39,40)37(17-27(33-29)34-30)25-15-16-26(24-6-4-3-5-23(24)25)38(18-28(35-31)36-32)46(41,42)22-13-9-20(44-2)10-14-22;;/h3-16H,17-18,29-32H2,1-2H3,(H,33,34)(H,35,36);2*1H. The minimum atomic E-state index is -4.28. The summed E-state index contributed by atoms with van der Waals surface area (Å²) in [4.78, 5) is -0.118. The summed E-state index contributed by atoms with van der Waals surface area (Å²) in [6.45, 7) is -0.778. The number of rotatable bonds is 12. The fourth-order valence-corrected chi connectivity index (χ4v) is 7.46. The van der Waals surface area contributed by atoms with E-state index in [1.807, 2.05) is 0 Å². The molecule has 46 heavy (non-hydrogen) atoms. The van der Waals surface area contributed by atoms with Gasteiger partial charge in [-0.2, -0.15) is 10.2 Å². The van der Waals surface area contributed by atoms with Crippen LogP contribution < -0.4 is 52.3 Å². The maximum absolute atomic E-state index is 14.1. The molecule has 4 aromatic rings. The van der Waals surface area contributed by atoms with Gasteiger partial charge in [0.1, 0.15) is 11.5 Å². The molecule has 0 unspecified atom stereocenters. The van der Waals surface area contributed by atoms with Crippen LogP contribution in [0.2, 0.25) is 0 Å². The van der Waals surface area contributed by atoms with Gasteiger partial charge in [-0.15, -0.1) is 0 Å². The number of hydrogen-bond donors (Lipinski definition) is 6. The van der Waals surface area contributed by atoms with Gasteiger partial charge >= 0.3 is 0 Å². The Morgan fingerprint density at radius 1 is 0.652 bits per heavy atom. The van der Waals surface area contributed by atoms with E-state index in [1.165, 1.54) is 74.9 Å². The number of nitrogens with one attached hydrogen (secondary N) is 2. The highest BCUT2D eigenvalue weighted by Crippen LogP contribution is 2.38. The number of sulfonamides is 2. The minimum Gasteiger partial charge on any atom is -0.497 e. The average Bonchev–Trinajstić information content (AvgIpc) is 3.09. The number of benzene rings is 4. The van der Waals surface area contributed by atoms with Gasteiger partial charge in [-0.05, 0) is 60.7 Å². The molecule has 16 nitrogen and oxygen atoms in total. The zero-order valence-corrected chi connectivity index (χ0v) is 26.5. The summed E-state index contributed by atoms with van der Waals surface area (Å²) in [6, 6.07) is 21.2. The van der Waals surface area contributed by atoms with Gasteiger partial charge in [-0.25, -0.2) is 28.5 Å². The highest BCUT2D eigenvalue weighted by molar-refractivity contribution is 7.93. The molecular formula is C28H38N10O6S2. The normalized spacial score (nSPS) is 12.4. The average molecular weight is 675 g/mol. The van der Waals surface area contributed by atoms with Crippen molar-refractivity contribution >= 4 is 53.9 Å². The van der Waals surface area contributed by atoms with Crippen LogP contribution in [0.15, 0.2) is 105 Å². The number of fused-ring (bicyclic) bond motifs is 1. The summed E-state index contributed by atoms with van der Waals surface area (Å²) in [7, 11) is -5.64. The molecule has 0 saturated heterocycles. The maximum atomic E-state index is 14.1. The second kappa shape index (κ2) is 14.2. The minimum absolute atomic E-state index is 0. The van der Waals surface area contributed by atoms with Gasteiger partial charge in [0.05, 0.1) is 48.5 Å². The van der Waals surface area contributed by atoms with Crippen LogP contribution in [0.5, 0.6) is 11.5 Å². The largest absolute Gasteiger partial charge is 0.497 e. The second-order valence-corrected chi connectivity index (χ2v) is 13.2. The summed E-state index contributed by atoms with van der Waals surface area (Å²) in [5.74, 6) is 23.0. The summed E-state index contributed by atoms with van der Waals surface area (Å²) in [6.07, 6.45) is 0. The Morgan fingerprint density at radius 3 is 1.28 bits per heavy atom. The maximum Gasteiger partial charge on any atom is 0.264 e. The monoisotopic (exact) mass is 674 g/mol. The highest BCUT2D eigenvalue weighted by Gasteiger charge is 2.32. The molecule has 0 aliphatic heterocycles. The predicted octanol–water partition coefficient (Wildman–Crippen LogP) is 1.21. The summed E-state index contributed by atoms with van der Waals surface area (Å²) >= 11 is 0. The second-order valence-electron chi connectivity index (χ2n) is 9.46. The first-order valence-corrected chi connectivity index (χ1v) is 16.3. The molecule has 0 saturated carbocycles. The number of hydrazone groups is 2. The fraction of sp³-hybridized carbons (Fsp3) is 0.143. The number of ether oxygens (including phenoxy) is 2. The Balaban J connectivity index is 0.00000400. The van der Waals surface area contributed by atoms with E-state index in [1.54, 1.807) is 24.3 Å². The van der Waals surface area contributed by atoms with E-state index in [4.69, 9.17) is 32.8 Å².